The maximum absolute atomic E-state index is 6.32. The van der Waals surface area contributed by atoms with Crippen molar-refractivity contribution in [2.75, 3.05) is 71.7 Å². The number of ether oxygens (including phenoxy) is 3. The molecule has 1 aliphatic heterocycles. The lowest BCUT2D eigenvalue weighted by atomic mass is 9.88. The van der Waals surface area contributed by atoms with Crippen molar-refractivity contribution in [3.05, 3.63) is 41.1 Å². The molecular formula is C34H52N6O3. The van der Waals surface area contributed by atoms with Gasteiger partial charge in [-0.2, -0.15) is 0 Å². The maximum atomic E-state index is 6.32. The van der Waals surface area contributed by atoms with E-state index in [1.165, 1.54) is 11.3 Å². The quantitative estimate of drug-likeness (QED) is 0.252. The fourth-order valence-electron chi connectivity index (χ4n) is 6.39. The van der Waals surface area contributed by atoms with Gasteiger partial charge in [-0.15, -0.1) is 0 Å². The number of nitrogens with two attached hydrogens (primary N) is 1. The number of nitrogen functional groups attached to an aromatic ring is 1. The van der Waals surface area contributed by atoms with Crippen molar-refractivity contribution in [3.8, 4) is 17.2 Å². The van der Waals surface area contributed by atoms with Crippen LogP contribution in [0.15, 0.2) is 24.3 Å². The van der Waals surface area contributed by atoms with Crippen LogP contribution in [-0.4, -0.2) is 86.9 Å². The van der Waals surface area contributed by atoms with Crippen LogP contribution in [0.25, 0.3) is 10.9 Å². The van der Waals surface area contributed by atoms with Gasteiger partial charge in [0.2, 0.25) is 5.95 Å². The van der Waals surface area contributed by atoms with Crippen molar-refractivity contribution in [2.45, 2.75) is 71.9 Å². The molecule has 0 atom stereocenters. The van der Waals surface area contributed by atoms with Crippen LogP contribution in [0.3, 0.4) is 0 Å². The average molecular weight is 593 g/mol. The molecule has 1 aliphatic rings. The van der Waals surface area contributed by atoms with Crippen LogP contribution in [0, 0.1) is 0 Å². The maximum Gasteiger partial charge on any atom is 0.220 e. The first-order valence-corrected chi connectivity index (χ1v) is 15.8. The van der Waals surface area contributed by atoms with Gasteiger partial charge in [-0.25, -0.2) is 9.97 Å². The summed E-state index contributed by atoms with van der Waals surface area (Å²) in [5.74, 6) is 3.01. The zero-order valence-corrected chi connectivity index (χ0v) is 27.6. The number of hydrogen-bond acceptors (Lipinski definition) is 9. The Bertz CT molecular complexity index is 1350. The van der Waals surface area contributed by atoms with Crippen LogP contribution >= 0.6 is 0 Å². The van der Waals surface area contributed by atoms with E-state index in [9.17, 15) is 0 Å². The number of nitrogens with zero attached hydrogens (tertiary/aromatic N) is 5. The summed E-state index contributed by atoms with van der Waals surface area (Å²) >= 11 is 0. The highest BCUT2D eigenvalue weighted by atomic mass is 16.5. The first kappa shape index (κ1) is 32.6. The van der Waals surface area contributed by atoms with Gasteiger partial charge in [-0.1, -0.05) is 19.9 Å². The molecule has 2 heterocycles. The lowest BCUT2D eigenvalue weighted by Gasteiger charge is -2.34. The predicted octanol–water partition coefficient (Wildman–Crippen LogP) is 5.74. The Morgan fingerprint density at radius 2 is 1.72 bits per heavy atom. The molecule has 0 amide bonds. The number of rotatable bonds is 14. The number of piperidine rings is 1. The van der Waals surface area contributed by atoms with E-state index in [4.69, 9.17) is 24.9 Å². The molecule has 236 valence electrons. The lowest BCUT2D eigenvalue weighted by Crippen LogP contribution is -2.33. The van der Waals surface area contributed by atoms with Crippen LogP contribution in [0.4, 0.5) is 11.6 Å². The third-order valence-electron chi connectivity index (χ3n) is 8.58. The summed E-state index contributed by atoms with van der Waals surface area (Å²) in [6, 6.07) is 8.30. The fraction of sp³-hybridized carbons (Fsp3) is 0.588. The van der Waals surface area contributed by atoms with Gasteiger partial charge < -0.3 is 29.7 Å². The molecule has 9 heteroatoms. The molecule has 43 heavy (non-hydrogen) atoms. The molecule has 0 spiro atoms. The van der Waals surface area contributed by atoms with E-state index in [-0.39, 0.29) is 12.0 Å². The van der Waals surface area contributed by atoms with Crippen molar-refractivity contribution in [1.29, 1.82) is 0 Å². The van der Waals surface area contributed by atoms with Crippen molar-refractivity contribution in [2.24, 2.45) is 0 Å². The first-order chi connectivity index (χ1) is 20.7. The molecular weight excluding hydrogens is 540 g/mol. The second kappa shape index (κ2) is 14.9. The Labute approximate surface area is 258 Å². The molecule has 0 unspecified atom stereocenters. The zero-order valence-electron chi connectivity index (χ0n) is 27.6. The van der Waals surface area contributed by atoms with E-state index in [2.05, 4.69) is 79.7 Å². The van der Waals surface area contributed by atoms with Gasteiger partial charge in [0.25, 0.3) is 0 Å². The molecule has 1 aromatic heterocycles. The van der Waals surface area contributed by atoms with Gasteiger partial charge in [0, 0.05) is 54.8 Å². The third kappa shape index (κ3) is 7.62. The number of aryl methyl sites for hydroxylation is 1. The number of anilines is 2. The Hall–Kier alpha value is -3.30. The molecule has 1 saturated heterocycles. The van der Waals surface area contributed by atoms with E-state index in [1.807, 2.05) is 6.07 Å². The summed E-state index contributed by atoms with van der Waals surface area (Å²) in [4.78, 5) is 16.7. The molecule has 0 radical (unpaired) electrons. The van der Waals surface area contributed by atoms with Crippen molar-refractivity contribution in [1.82, 2.24) is 19.8 Å². The molecule has 0 saturated carbocycles. The summed E-state index contributed by atoms with van der Waals surface area (Å²) < 4.78 is 18.0. The van der Waals surface area contributed by atoms with Gasteiger partial charge in [-0.3, -0.25) is 4.90 Å². The minimum absolute atomic E-state index is 0.121. The summed E-state index contributed by atoms with van der Waals surface area (Å²) in [7, 11) is 7.59. The number of likely N-dealkylation sites (tertiary alicyclic amines) is 1. The van der Waals surface area contributed by atoms with Gasteiger partial charge in [0.1, 0.15) is 5.75 Å². The van der Waals surface area contributed by atoms with Crippen LogP contribution in [0.2, 0.25) is 0 Å². The summed E-state index contributed by atoms with van der Waals surface area (Å²) in [5, 5.41) is 1.08. The Kier molecular flexibility index (Phi) is 11.3. The van der Waals surface area contributed by atoms with Crippen LogP contribution in [0.1, 0.15) is 69.7 Å². The van der Waals surface area contributed by atoms with Crippen molar-refractivity contribution >= 4 is 22.5 Å². The van der Waals surface area contributed by atoms with Crippen LogP contribution in [-0.2, 0) is 13.0 Å². The smallest absolute Gasteiger partial charge is 0.220 e. The second-order valence-electron chi connectivity index (χ2n) is 11.9. The highest BCUT2D eigenvalue weighted by Crippen LogP contribution is 2.42. The molecule has 2 aromatic carbocycles. The fourth-order valence-corrected chi connectivity index (χ4v) is 6.39. The summed E-state index contributed by atoms with van der Waals surface area (Å²) in [5.41, 5.74) is 11.8. The monoisotopic (exact) mass is 592 g/mol. The second-order valence-corrected chi connectivity index (χ2v) is 11.9. The van der Waals surface area contributed by atoms with Gasteiger partial charge in [-0.05, 0) is 84.4 Å². The summed E-state index contributed by atoms with van der Waals surface area (Å²) in [6.07, 6.45) is 3.96. The normalized spacial score (nSPS) is 14.6. The highest BCUT2D eigenvalue weighted by molar-refractivity contribution is 5.90. The average Bonchev–Trinajstić information content (AvgIpc) is 2.99. The third-order valence-corrected chi connectivity index (χ3v) is 8.58. The predicted molar refractivity (Wildman–Crippen MR) is 177 cm³/mol. The van der Waals surface area contributed by atoms with E-state index in [0.29, 0.717) is 11.7 Å². The van der Waals surface area contributed by atoms with Gasteiger partial charge in [0.15, 0.2) is 11.5 Å². The number of hydrogen-bond donors (Lipinski definition) is 1. The standard InChI is InChI=1S/C34H52N6O3/c1-9-39(10-2)18-12-13-25-31-27(21-30(41-7)33(25)42-8)36-34(35)37-32(31)24-16-19-40(20-17-24)22-26-28(38(5)6)14-11-15-29(26)43-23(3)4/h11,14-15,21,23-24H,9-10,12-13,16-20,22H2,1-8H3,(H2,35,36,37). The largest absolute Gasteiger partial charge is 0.493 e. The van der Waals surface area contributed by atoms with E-state index < -0.39 is 0 Å². The minimum atomic E-state index is 0.121. The molecule has 9 nitrogen and oxygen atoms in total. The topological polar surface area (TPSA) is 89.2 Å². The number of methoxy groups -OCH3 is 2. The number of benzene rings is 2. The van der Waals surface area contributed by atoms with Crippen LogP contribution in [0.5, 0.6) is 17.2 Å². The van der Waals surface area contributed by atoms with E-state index >= 15 is 0 Å². The Morgan fingerprint density at radius 3 is 2.33 bits per heavy atom. The lowest BCUT2D eigenvalue weighted by molar-refractivity contribution is 0.195. The van der Waals surface area contributed by atoms with Gasteiger partial charge >= 0.3 is 0 Å². The van der Waals surface area contributed by atoms with Crippen LogP contribution < -0.4 is 24.8 Å². The molecule has 3 aromatic rings. The molecule has 0 aliphatic carbocycles. The van der Waals surface area contributed by atoms with E-state index in [1.54, 1.807) is 14.2 Å². The molecule has 0 bridgehead atoms. The molecule has 4 rings (SSSR count). The molecule has 1 fully saturated rings. The summed E-state index contributed by atoms with van der Waals surface area (Å²) in [6.45, 7) is 14.5. The minimum Gasteiger partial charge on any atom is -0.493 e. The van der Waals surface area contributed by atoms with Crippen molar-refractivity contribution < 1.29 is 14.2 Å². The Balaban J connectivity index is 1.63. The number of fused-ring (bicyclic) bond motifs is 1. The molecule has 2 N–H and O–H groups in total. The highest BCUT2D eigenvalue weighted by Gasteiger charge is 2.28. The SMILES string of the molecule is CCN(CC)CCCc1c(OC)c(OC)cc2nc(N)nc(C3CCN(Cc4c(OC(C)C)cccc4N(C)C)CC3)c12. The Morgan fingerprint density at radius 1 is 1.00 bits per heavy atom. The number of aromatic nitrogens is 2. The first-order valence-electron chi connectivity index (χ1n) is 15.8. The van der Waals surface area contributed by atoms with Crippen molar-refractivity contribution in [3.63, 3.8) is 0 Å². The van der Waals surface area contributed by atoms with E-state index in [0.717, 1.165) is 98.6 Å². The zero-order chi connectivity index (χ0) is 31.1. The van der Waals surface area contributed by atoms with Gasteiger partial charge in [0.05, 0.1) is 31.5 Å².